The number of aryl methyl sites for hydroxylation is 1. The highest BCUT2D eigenvalue weighted by Crippen LogP contribution is 2.45. The van der Waals surface area contributed by atoms with Crippen LogP contribution in [0.1, 0.15) is 31.4 Å². The lowest BCUT2D eigenvalue weighted by Crippen LogP contribution is -2.26. The molecule has 1 N–H and O–H groups in total. The van der Waals surface area contributed by atoms with Crippen LogP contribution < -0.4 is 5.32 Å². The van der Waals surface area contributed by atoms with Crippen molar-refractivity contribution in [3.8, 4) is 0 Å². The van der Waals surface area contributed by atoms with Gasteiger partial charge in [-0.3, -0.25) is 0 Å². The second-order valence-corrected chi connectivity index (χ2v) is 5.74. The maximum absolute atomic E-state index is 5.16. The predicted octanol–water partition coefficient (Wildman–Crippen LogP) is 2.44. The van der Waals surface area contributed by atoms with Crippen LogP contribution in [0, 0.1) is 18.8 Å². The number of rotatable bonds is 7. The van der Waals surface area contributed by atoms with Crippen LogP contribution in [-0.4, -0.2) is 29.3 Å². The molecule has 0 unspecified atom stereocenters. The Morgan fingerprint density at radius 1 is 1.39 bits per heavy atom. The van der Waals surface area contributed by atoms with Crippen LogP contribution in [0.2, 0.25) is 0 Å². The van der Waals surface area contributed by atoms with Gasteiger partial charge in [0.2, 0.25) is 5.95 Å². The van der Waals surface area contributed by atoms with Crippen LogP contribution in [0.5, 0.6) is 0 Å². The van der Waals surface area contributed by atoms with E-state index >= 15 is 0 Å². The molecule has 1 heterocycles. The van der Waals surface area contributed by atoms with Gasteiger partial charge in [0.1, 0.15) is 0 Å². The molecule has 0 saturated heterocycles. The zero-order chi connectivity index (χ0) is 12.5. The van der Waals surface area contributed by atoms with E-state index in [9.17, 15) is 0 Å². The van der Waals surface area contributed by atoms with Crippen molar-refractivity contribution < 1.29 is 4.74 Å². The van der Waals surface area contributed by atoms with E-state index < -0.39 is 0 Å². The molecule has 18 heavy (non-hydrogen) atoms. The summed E-state index contributed by atoms with van der Waals surface area (Å²) in [4.78, 5) is 4.62. The Hall–Kier alpha value is -1.03. The average Bonchev–Trinajstić information content (AvgIpc) is 3.23. The minimum Gasteiger partial charge on any atom is -0.383 e. The molecule has 2 aliphatic rings. The van der Waals surface area contributed by atoms with Crippen LogP contribution in [0.3, 0.4) is 0 Å². The van der Waals surface area contributed by atoms with E-state index in [1.807, 2.05) is 0 Å². The Bertz CT molecular complexity index is 395. The average molecular weight is 249 g/mol. The molecule has 0 spiro atoms. The third-order valence-electron chi connectivity index (χ3n) is 3.99. The number of imidazole rings is 1. The Kier molecular flexibility index (Phi) is 3.29. The van der Waals surface area contributed by atoms with Gasteiger partial charge in [-0.15, -0.1) is 0 Å². The molecule has 0 atom stereocenters. The summed E-state index contributed by atoms with van der Waals surface area (Å²) < 4.78 is 7.35. The zero-order valence-electron chi connectivity index (χ0n) is 11.4. The lowest BCUT2D eigenvalue weighted by molar-refractivity contribution is 0.187. The number of anilines is 1. The van der Waals surface area contributed by atoms with Gasteiger partial charge in [0.05, 0.1) is 12.3 Å². The van der Waals surface area contributed by atoms with Gasteiger partial charge in [-0.05, 0) is 44.4 Å². The van der Waals surface area contributed by atoms with E-state index in [0.717, 1.165) is 36.6 Å². The summed E-state index contributed by atoms with van der Waals surface area (Å²) in [6.45, 7) is 3.67. The van der Waals surface area contributed by atoms with E-state index in [-0.39, 0.29) is 0 Å². The molecule has 2 saturated carbocycles. The number of methoxy groups -OCH3 is 1. The first kappa shape index (κ1) is 12.0. The molecule has 2 aliphatic carbocycles. The van der Waals surface area contributed by atoms with Gasteiger partial charge in [0, 0.05) is 25.9 Å². The maximum atomic E-state index is 5.16. The first-order chi connectivity index (χ1) is 8.78. The SMILES string of the molecule is COCCn1cc(C)nc1NC(C1CC1)C1CC1. The van der Waals surface area contributed by atoms with Crippen LogP contribution in [0.15, 0.2) is 6.20 Å². The normalized spacial score (nSPS) is 19.5. The van der Waals surface area contributed by atoms with Gasteiger partial charge in [0.15, 0.2) is 0 Å². The zero-order valence-corrected chi connectivity index (χ0v) is 11.4. The molecular formula is C14H23N3O. The topological polar surface area (TPSA) is 39.1 Å². The van der Waals surface area contributed by atoms with Crippen molar-refractivity contribution in [2.24, 2.45) is 11.8 Å². The molecule has 4 nitrogen and oxygen atoms in total. The molecule has 3 rings (SSSR count). The highest BCUT2D eigenvalue weighted by atomic mass is 16.5. The number of nitrogens with one attached hydrogen (secondary N) is 1. The molecule has 0 aromatic carbocycles. The quantitative estimate of drug-likeness (QED) is 0.806. The largest absolute Gasteiger partial charge is 0.383 e. The summed E-state index contributed by atoms with van der Waals surface area (Å²) in [5, 5.41) is 3.70. The summed E-state index contributed by atoms with van der Waals surface area (Å²) in [6.07, 6.45) is 7.69. The summed E-state index contributed by atoms with van der Waals surface area (Å²) in [6, 6.07) is 0.660. The molecule has 1 aromatic rings. The van der Waals surface area contributed by atoms with Gasteiger partial charge in [0.25, 0.3) is 0 Å². The maximum Gasteiger partial charge on any atom is 0.203 e. The Morgan fingerprint density at radius 2 is 2.06 bits per heavy atom. The first-order valence-corrected chi connectivity index (χ1v) is 7.07. The summed E-state index contributed by atoms with van der Waals surface area (Å²) in [7, 11) is 1.74. The minimum atomic E-state index is 0.660. The van der Waals surface area contributed by atoms with E-state index in [1.165, 1.54) is 25.7 Å². The fourth-order valence-corrected chi connectivity index (χ4v) is 2.70. The van der Waals surface area contributed by atoms with Gasteiger partial charge in [-0.1, -0.05) is 0 Å². The van der Waals surface area contributed by atoms with Crippen molar-refractivity contribution in [3.05, 3.63) is 11.9 Å². The monoisotopic (exact) mass is 249 g/mol. The van der Waals surface area contributed by atoms with Gasteiger partial charge in [-0.2, -0.15) is 0 Å². The minimum absolute atomic E-state index is 0.660. The van der Waals surface area contributed by atoms with Crippen molar-refractivity contribution in [1.29, 1.82) is 0 Å². The molecular weight excluding hydrogens is 226 g/mol. The number of nitrogens with zero attached hydrogens (tertiary/aromatic N) is 2. The van der Waals surface area contributed by atoms with Crippen LogP contribution in [0.25, 0.3) is 0 Å². The second kappa shape index (κ2) is 4.92. The lowest BCUT2D eigenvalue weighted by Gasteiger charge is -2.19. The molecule has 0 radical (unpaired) electrons. The number of aromatic nitrogens is 2. The number of ether oxygens (including phenoxy) is 1. The molecule has 2 fully saturated rings. The molecule has 100 valence electrons. The Balaban J connectivity index is 1.69. The second-order valence-electron chi connectivity index (χ2n) is 5.74. The Morgan fingerprint density at radius 3 is 2.61 bits per heavy atom. The van der Waals surface area contributed by atoms with Crippen molar-refractivity contribution in [1.82, 2.24) is 9.55 Å². The van der Waals surface area contributed by atoms with Crippen LogP contribution in [-0.2, 0) is 11.3 Å². The Labute approximate surface area is 109 Å². The van der Waals surface area contributed by atoms with Crippen LogP contribution in [0.4, 0.5) is 5.95 Å². The lowest BCUT2D eigenvalue weighted by atomic mass is 10.1. The molecule has 4 heteroatoms. The van der Waals surface area contributed by atoms with E-state index in [1.54, 1.807) is 7.11 Å². The summed E-state index contributed by atoms with van der Waals surface area (Å²) in [5.74, 6) is 2.82. The molecule has 0 bridgehead atoms. The van der Waals surface area contributed by atoms with Gasteiger partial charge >= 0.3 is 0 Å². The van der Waals surface area contributed by atoms with Crippen molar-refractivity contribution in [2.45, 2.75) is 45.2 Å². The molecule has 0 amide bonds. The third-order valence-corrected chi connectivity index (χ3v) is 3.99. The van der Waals surface area contributed by atoms with Crippen LogP contribution >= 0.6 is 0 Å². The number of hydrogen-bond acceptors (Lipinski definition) is 3. The van der Waals surface area contributed by atoms with E-state index in [0.29, 0.717) is 6.04 Å². The molecule has 0 aliphatic heterocycles. The summed E-state index contributed by atoms with van der Waals surface area (Å²) in [5.41, 5.74) is 1.08. The number of hydrogen-bond donors (Lipinski definition) is 1. The predicted molar refractivity (Wildman–Crippen MR) is 71.7 cm³/mol. The fraction of sp³-hybridized carbons (Fsp3) is 0.786. The van der Waals surface area contributed by atoms with E-state index in [4.69, 9.17) is 4.74 Å². The van der Waals surface area contributed by atoms with Gasteiger partial charge in [-0.25, -0.2) is 4.98 Å². The third kappa shape index (κ3) is 2.69. The van der Waals surface area contributed by atoms with Crippen molar-refractivity contribution in [2.75, 3.05) is 19.0 Å². The first-order valence-electron chi connectivity index (χ1n) is 7.07. The van der Waals surface area contributed by atoms with Crippen molar-refractivity contribution >= 4 is 5.95 Å². The molecule has 1 aromatic heterocycles. The highest BCUT2D eigenvalue weighted by molar-refractivity contribution is 5.32. The summed E-state index contributed by atoms with van der Waals surface area (Å²) >= 11 is 0. The van der Waals surface area contributed by atoms with Crippen molar-refractivity contribution in [3.63, 3.8) is 0 Å². The highest BCUT2D eigenvalue weighted by Gasteiger charge is 2.41. The smallest absolute Gasteiger partial charge is 0.203 e. The standard InChI is InChI=1S/C14H23N3O/c1-10-9-17(7-8-18-2)14(15-10)16-13(11-3-4-11)12-5-6-12/h9,11-13H,3-8H2,1-2H3,(H,15,16). The fourth-order valence-electron chi connectivity index (χ4n) is 2.70. The van der Waals surface area contributed by atoms with E-state index in [2.05, 4.69) is 28.0 Å². The van der Waals surface area contributed by atoms with Gasteiger partial charge < -0.3 is 14.6 Å².